The lowest BCUT2D eigenvalue weighted by molar-refractivity contribution is -0.150. The second-order valence-electron chi connectivity index (χ2n) is 11.0. The maximum Gasteiger partial charge on any atom is 0.306 e. The van der Waals surface area contributed by atoms with E-state index < -0.39 is 5.92 Å². The van der Waals surface area contributed by atoms with Crippen molar-refractivity contribution in [2.24, 2.45) is 29.6 Å². The molecule has 6 atom stereocenters. The predicted molar refractivity (Wildman–Crippen MR) is 138 cm³/mol. The molecule has 6 nitrogen and oxygen atoms in total. The summed E-state index contributed by atoms with van der Waals surface area (Å²) in [6.45, 7) is 6.07. The Morgan fingerprint density at radius 3 is 2.56 bits per heavy atom. The van der Waals surface area contributed by atoms with Crippen molar-refractivity contribution in [2.75, 3.05) is 0 Å². The smallest absolute Gasteiger partial charge is 0.306 e. The van der Waals surface area contributed by atoms with Crippen LogP contribution in [0.4, 0.5) is 0 Å². The van der Waals surface area contributed by atoms with E-state index in [-0.39, 0.29) is 59.7 Å². The summed E-state index contributed by atoms with van der Waals surface area (Å²) in [7, 11) is 0. The molecule has 1 saturated heterocycles. The van der Waals surface area contributed by atoms with Crippen molar-refractivity contribution in [3.63, 3.8) is 0 Å². The highest BCUT2D eigenvalue weighted by atomic mass is 16.5. The zero-order valence-electron chi connectivity index (χ0n) is 21.9. The van der Waals surface area contributed by atoms with Crippen molar-refractivity contribution >= 4 is 17.7 Å². The normalized spacial score (nSPS) is 32.5. The molecular formula is C30H41NO5. The molecule has 196 valence electrons. The monoisotopic (exact) mass is 495 g/mol. The lowest BCUT2D eigenvalue weighted by Gasteiger charge is -2.29. The number of Topliss-reactive ketones (excluding diaryl/α,β-unsaturated/α-hetero) is 1. The number of esters is 1. The molecular weight excluding hydrogens is 454 g/mol. The Labute approximate surface area is 214 Å². The molecule has 6 heteroatoms. The van der Waals surface area contributed by atoms with Crippen LogP contribution in [0.3, 0.4) is 0 Å². The Balaban J connectivity index is 1.59. The van der Waals surface area contributed by atoms with Crippen LogP contribution in [0.5, 0.6) is 0 Å². The first kappa shape index (κ1) is 26.4. The molecule has 2 aliphatic carbocycles. The molecule has 0 radical (unpaired) electrons. The molecule has 4 rings (SSSR count). The number of fused-ring (bicyclic) bond motifs is 1. The van der Waals surface area contributed by atoms with E-state index in [9.17, 15) is 14.4 Å². The van der Waals surface area contributed by atoms with Gasteiger partial charge in [0.2, 0.25) is 0 Å². The zero-order chi connectivity index (χ0) is 25.7. The standard InChI is InChI=1S/C30H41NO5/c1-4-22-11-7-12-26(31-30(34)27-13-8-16-35-27)20(3)29(33)25-17-19(2)23(24(25)18-28(32)36-22)15-14-21-9-5-6-10-21/h8,13-17,19-24,26H,4-7,9-12,18H2,1-3H3,(H,31,34). The number of furan rings is 1. The molecule has 0 bridgehead atoms. The first-order valence-electron chi connectivity index (χ1n) is 13.9. The van der Waals surface area contributed by atoms with E-state index in [1.807, 2.05) is 13.8 Å². The molecule has 1 N–H and O–H groups in total. The number of carbonyl (C=O) groups excluding carboxylic acids is 3. The molecule has 0 aromatic carbocycles. The highest BCUT2D eigenvalue weighted by Gasteiger charge is 2.41. The van der Waals surface area contributed by atoms with Crippen LogP contribution >= 0.6 is 0 Å². The van der Waals surface area contributed by atoms with Crippen LogP contribution in [0.25, 0.3) is 0 Å². The van der Waals surface area contributed by atoms with Crippen LogP contribution in [-0.2, 0) is 14.3 Å². The molecule has 1 aromatic rings. The lowest BCUT2D eigenvalue weighted by atomic mass is 9.79. The Kier molecular flexibility index (Phi) is 8.86. The van der Waals surface area contributed by atoms with Gasteiger partial charge in [0.25, 0.3) is 5.91 Å². The summed E-state index contributed by atoms with van der Waals surface area (Å²) in [5, 5.41) is 3.06. The van der Waals surface area contributed by atoms with Gasteiger partial charge in [-0.3, -0.25) is 14.4 Å². The molecule has 1 amide bonds. The second kappa shape index (κ2) is 12.1. The summed E-state index contributed by atoms with van der Waals surface area (Å²) < 4.78 is 11.2. The number of ketones is 1. The molecule has 2 heterocycles. The van der Waals surface area contributed by atoms with E-state index >= 15 is 0 Å². The number of hydrogen-bond donors (Lipinski definition) is 1. The van der Waals surface area contributed by atoms with Gasteiger partial charge in [-0.2, -0.15) is 0 Å². The minimum Gasteiger partial charge on any atom is -0.462 e. The van der Waals surface area contributed by atoms with Crippen LogP contribution < -0.4 is 5.32 Å². The van der Waals surface area contributed by atoms with E-state index in [1.165, 1.54) is 31.9 Å². The van der Waals surface area contributed by atoms with Gasteiger partial charge in [0.15, 0.2) is 11.5 Å². The molecule has 1 aromatic heterocycles. The largest absolute Gasteiger partial charge is 0.462 e. The topological polar surface area (TPSA) is 85.6 Å². The van der Waals surface area contributed by atoms with E-state index in [4.69, 9.17) is 9.15 Å². The van der Waals surface area contributed by atoms with Gasteiger partial charge in [-0.05, 0) is 74.0 Å². The number of carbonyl (C=O) groups is 3. The Bertz CT molecular complexity index is 971. The zero-order valence-corrected chi connectivity index (χ0v) is 21.9. The number of allylic oxidation sites excluding steroid dienone is 4. The Morgan fingerprint density at radius 1 is 1.08 bits per heavy atom. The van der Waals surface area contributed by atoms with Crippen molar-refractivity contribution in [3.8, 4) is 0 Å². The average Bonchev–Trinajstić information content (AvgIpc) is 3.62. The van der Waals surface area contributed by atoms with E-state index in [0.717, 1.165) is 18.4 Å². The van der Waals surface area contributed by atoms with Gasteiger partial charge in [0, 0.05) is 17.9 Å². The fraction of sp³-hybridized carbons (Fsp3) is 0.633. The van der Waals surface area contributed by atoms with Gasteiger partial charge < -0.3 is 14.5 Å². The number of hydrogen-bond acceptors (Lipinski definition) is 5. The highest BCUT2D eigenvalue weighted by molar-refractivity contribution is 6.00. The first-order chi connectivity index (χ1) is 17.4. The quantitative estimate of drug-likeness (QED) is 0.398. The first-order valence-corrected chi connectivity index (χ1v) is 13.9. The molecule has 1 aliphatic heterocycles. The highest BCUT2D eigenvalue weighted by Crippen LogP contribution is 2.42. The number of nitrogens with one attached hydrogen (secondary N) is 1. The summed E-state index contributed by atoms with van der Waals surface area (Å²) in [6, 6.07) is 2.98. The third-order valence-electron chi connectivity index (χ3n) is 8.46. The molecule has 0 spiro atoms. The van der Waals surface area contributed by atoms with Crippen LogP contribution in [-0.4, -0.2) is 29.8 Å². The molecule has 6 unspecified atom stereocenters. The third kappa shape index (κ3) is 6.19. The van der Waals surface area contributed by atoms with Gasteiger partial charge in [-0.15, -0.1) is 0 Å². The van der Waals surface area contributed by atoms with Crippen LogP contribution in [0.15, 0.2) is 46.6 Å². The summed E-state index contributed by atoms with van der Waals surface area (Å²) >= 11 is 0. The van der Waals surface area contributed by atoms with E-state index in [2.05, 4.69) is 30.5 Å². The molecule has 2 fully saturated rings. The SMILES string of the molecule is CCC1CCCC(NC(=O)c2ccco2)C(C)C(=O)C2=CC(C)C(C=CC3CCCC3)C2CC(=O)O1. The van der Waals surface area contributed by atoms with Crippen LogP contribution in [0.2, 0.25) is 0 Å². The second-order valence-corrected chi connectivity index (χ2v) is 11.0. The number of rotatable bonds is 5. The van der Waals surface area contributed by atoms with Gasteiger partial charge in [-0.25, -0.2) is 0 Å². The molecule has 36 heavy (non-hydrogen) atoms. The number of amides is 1. The minimum atomic E-state index is -0.405. The summed E-state index contributed by atoms with van der Waals surface area (Å²) in [6.07, 6.45) is 16.0. The summed E-state index contributed by atoms with van der Waals surface area (Å²) in [5.74, 6) is 0.000749. The Morgan fingerprint density at radius 2 is 1.86 bits per heavy atom. The Hall–Kier alpha value is -2.63. The molecule has 3 aliphatic rings. The molecule has 1 saturated carbocycles. The fourth-order valence-electron chi connectivity index (χ4n) is 6.21. The van der Waals surface area contributed by atoms with Crippen LogP contribution in [0, 0.1) is 29.6 Å². The third-order valence-corrected chi connectivity index (χ3v) is 8.46. The fourth-order valence-corrected chi connectivity index (χ4v) is 6.21. The maximum absolute atomic E-state index is 13.9. The van der Waals surface area contributed by atoms with Gasteiger partial charge in [0.1, 0.15) is 6.10 Å². The number of ether oxygens (including phenoxy) is 1. The lowest BCUT2D eigenvalue weighted by Crippen LogP contribution is -2.43. The average molecular weight is 496 g/mol. The number of cyclic esters (lactones) is 1. The van der Waals surface area contributed by atoms with E-state index in [0.29, 0.717) is 18.8 Å². The van der Waals surface area contributed by atoms with Crippen LogP contribution in [0.1, 0.15) is 89.1 Å². The van der Waals surface area contributed by atoms with E-state index in [1.54, 1.807) is 12.1 Å². The summed E-state index contributed by atoms with van der Waals surface area (Å²) in [4.78, 5) is 39.7. The van der Waals surface area contributed by atoms with Crippen molar-refractivity contribution in [1.82, 2.24) is 5.32 Å². The van der Waals surface area contributed by atoms with Crippen molar-refractivity contribution in [2.45, 2.75) is 90.7 Å². The van der Waals surface area contributed by atoms with Crippen molar-refractivity contribution in [3.05, 3.63) is 48.0 Å². The van der Waals surface area contributed by atoms with Crippen molar-refractivity contribution in [1.29, 1.82) is 0 Å². The van der Waals surface area contributed by atoms with Gasteiger partial charge in [-0.1, -0.05) is 51.8 Å². The van der Waals surface area contributed by atoms with Gasteiger partial charge >= 0.3 is 5.97 Å². The maximum atomic E-state index is 13.9. The summed E-state index contributed by atoms with van der Waals surface area (Å²) in [5.41, 5.74) is 0.721. The predicted octanol–water partition coefficient (Wildman–Crippen LogP) is 6.03. The minimum absolute atomic E-state index is 0.0220. The van der Waals surface area contributed by atoms with Crippen molar-refractivity contribution < 1.29 is 23.5 Å². The van der Waals surface area contributed by atoms with Gasteiger partial charge in [0.05, 0.1) is 12.7 Å².